The van der Waals surface area contributed by atoms with Crippen LogP contribution >= 0.6 is 11.6 Å². The number of hydrogen-bond donors (Lipinski definition) is 1. The molecule has 0 radical (unpaired) electrons. The molecule has 30 heavy (non-hydrogen) atoms. The molecule has 6 nitrogen and oxygen atoms in total. The summed E-state index contributed by atoms with van der Waals surface area (Å²) in [6, 6.07) is 11.7. The van der Waals surface area contributed by atoms with Crippen LogP contribution in [0.5, 0.6) is 0 Å². The van der Waals surface area contributed by atoms with Crippen molar-refractivity contribution < 1.29 is 13.2 Å². The molecule has 1 saturated heterocycles. The summed E-state index contributed by atoms with van der Waals surface area (Å²) in [5, 5.41) is 3.45. The molecule has 8 heteroatoms. The van der Waals surface area contributed by atoms with E-state index >= 15 is 0 Å². The van der Waals surface area contributed by atoms with E-state index in [-0.39, 0.29) is 23.4 Å². The second-order valence-electron chi connectivity index (χ2n) is 7.85. The number of amides is 1. The zero-order valence-electron chi connectivity index (χ0n) is 17.6. The smallest absolute Gasteiger partial charge is 0.264 e. The van der Waals surface area contributed by atoms with E-state index in [0.717, 1.165) is 35.8 Å². The highest BCUT2D eigenvalue weighted by molar-refractivity contribution is 7.92. The molecule has 2 aromatic rings. The molecule has 0 spiro atoms. The summed E-state index contributed by atoms with van der Waals surface area (Å²) in [4.78, 5) is 15.2. The van der Waals surface area contributed by atoms with E-state index in [4.69, 9.17) is 11.6 Å². The van der Waals surface area contributed by atoms with E-state index in [2.05, 4.69) is 17.3 Å². The minimum Gasteiger partial charge on any atom is -0.352 e. The highest BCUT2D eigenvalue weighted by Crippen LogP contribution is 2.31. The van der Waals surface area contributed by atoms with Gasteiger partial charge in [0.05, 0.1) is 10.6 Å². The van der Waals surface area contributed by atoms with Crippen molar-refractivity contribution in [1.82, 2.24) is 10.2 Å². The van der Waals surface area contributed by atoms with Gasteiger partial charge in [-0.1, -0.05) is 35.4 Å². The highest BCUT2D eigenvalue weighted by atomic mass is 35.5. The Morgan fingerprint density at radius 2 is 1.77 bits per heavy atom. The van der Waals surface area contributed by atoms with Crippen LogP contribution in [0.1, 0.15) is 24.0 Å². The molecule has 3 rings (SSSR count). The van der Waals surface area contributed by atoms with Crippen molar-refractivity contribution in [3.8, 4) is 0 Å². The number of nitrogens with zero attached hydrogens (tertiary/aromatic N) is 2. The molecule has 0 unspecified atom stereocenters. The fraction of sp³-hybridized carbons (Fsp3) is 0.409. The van der Waals surface area contributed by atoms with E-state index in [0.29, 0.717) is 16.3 Å². The van der Waals surface area contributed by atoms with Crippen LogP contribution in [0.2, 0.25) is 5.02 Å². The molecule has 1 aliphatic rings. The van der Waals surface area contributed by atoms with Gasteiger partial charge in [-0.2, -0.15) is 0 Å². The SMILES string of the molecule is Cc1ccc(S(=O)(=O)N(CC(=O)NC2CCN(C)CC2)c2cccc(Cl)c2C)cc1. The van der Waals surface area contributed by atoms with Gasteiger partial charge in [0.25, 0.3) is 10.0 Å². The number of anilines is 1. The fourth-order valence-corrected chi connectivity index (χ4v) is 5.21. The van der Waals surface area contributed by atoms with Crippen molar-refractivity contribution >= 4 is 33.2 Å². The van der Waals surface area contributed by atoms with Crippen LogP contribution in [-0.4, -0.2) is 51.9 Å². The summed E-state index contributed by atoms with van der Waals surface area (Å²) in [7, 11) is -1.90. The zero-order valence-corrected chi connectivity index (χ0v) is 19.1. The first kappa shape index (κ1) is 22.6. The Morgan fingerprint density at radius 1 is 1.13 bits per heavy atom. The second kappa shape index (κ2) is 9.37. The maximum Gasteiger partial charge on any atom is 0.264 e. The van der Waals surface area contributed by atoms with Gasteiger partial charge in [0.15, 0.2) is 0 Å². The van der Waals surface area contributed by atoms with Gasteiger partial charge in [0.2, 0.25) is 5.91 Å². The lowest BCUT2D eigenvalue weighted by Crippen LogP contribution is -2.48. The molecule has 1 amide bonds. The molecule has 0 bridgehead atoms. The molecular weight excluding hydrogens is 422 g/mol. The number of likely N-dealkylation sites (tertiary alicyclic amines) is 1. The van der Waals surface area contributed by atoms with Crippen LogP contribution in [0.25, 0.3) is 0 Å². The molecule has 0 aliphatic carbocycles. The van der Waals surface area contributed by atoms with Crippen molar-refractivity contribution in [1.29, 1.82) is 0 Å². The number of rotatable bonds is 6. The average Bonchev–Trinajstić information content (AvgIpc) is 2.70. The van der Waals surface area contributed by atoms with Gasteiger partial charge in [0.1, 0.15) is 6.54 Å². The first-order valence-electron chi connectivity index (χ1n) is 10.0. The Bertz CT molecular complexity index is 1000. The summed E-state index contributed by atoms with van der Waals surface area (Å²) in [5.41, 5.74) is 1.97. The summed E-state index contributed by atoms with van der Waals surface area (Å²) in [6.45, 7) is 5.16. The Balaban J connectivity index is 1.91. The van der Waals surface area contributed by atoms with Gasteiger partial charge >= 0.3 is 0 Å². The molecule has 0 atom stereocenters. The van der Waals surface area contributed by atoms with Gasteiger partial charge in [0, 0.05) is 11.1 Å². The third kappa shape index (κ3) is 5.14. The largest absolute Gasteiger partial charge is 0.352 e. The normalized spacial score (nSPS) is 15.7. The van der Waals surface area contributed by atoms with Crippen LogP contribution in [-0.2, 0) is 14.8 Å². The summed E-state index contributed by atoms with van der Waals surface area (Å²) in [5.74, 6) is -0.320. The summed E-state index contributed by atoms with van der Waals surface area (Å²) < 4.78 is 28.1. The van der Waals surface area contributed by atoms with Crippen LogP contribution in [0.15, 0.2) is 47.4 Å². The first-order chi connectivity index (χ1) is 14.2. The zero-order chi connectivity index (χ0) is 21.9. The monoisotopic (exact) mass is 449 g/mol. The van der Waals surface area contributed by atoms with Crippen LogP contribution in [0, 0.1) is 13.8 Å². The van der Waals surface area contributed by atoms with Gasteiger partial charge in [-0.15, -0.1) is 0 Å². The number of aryl methyl sites for hydroxylation is 1. The lowest BCUT2D eigenvalue weighted by Gasteiger charge is -2.31. The predicted molar refractivity (Wildman–Crippen MR) is 121 cm³/mol. The Kier molecular flexibility index (Phi) is 7.06. The highest BCUT2D eigenvalue weighted by Gasteiger charge is 2.29. The van der Waals surface area contributed by atoms with Crippen molar-refractivity contribution in [3.05, 3.63) is 58.6 Å². The Labute approximate surface area is 183 Å². The van der Waals surface area contributed by atoms with E-state index in [1.54, 1.807) is 49.4 Å². The maximum atomic E-state index is 13.5. The lowest BCUT2D eigenvalue weighted by atomic mass is 10.1. The Morgan fingerprint density at radius 3 is 2.40 bits per heavy atom. The van der Waals surface area contributed by atoms with Gasteiger partial charge in [-0.25, -0.2) is 8.42 Å². The van der Waals surface area contributed by atoms with E-state index in [1.165, 1.54) is 0 Å². The number of benzene rings is 2. The molecule has 0 saturated carbocycles. The third-order valence-electron chi connectivity index (χ3n) is 5.49. The quantitative estimate of drug-likeness (QED) is 0.734. The minimum atomic E-state index is -3.95. The van der Waals surface area contributed by atoms with Gasteiger partial charge in [-0.05, 0) is 76.7 Å². The number of hydrogen-bond acceptors (Lipinski definition) is 4. The van der Waals surface area contributed by atoms with Crippen molar-refractivity contribution in [2.24, 2.45) is 0 Å². The maximum absolute atomic E-state index is 13.5. The van der Waals surface area contributed by atoms with Crippen LogP contribution in [0.3, 0.4) is 0 Å². The number of halogens is 1. The number of nitrogens with one attached hydrogen (secondary N) is 1. The van der Waals surface area contributed by atoms with E-state index in [1.807, 2.05) is 6.92 Å². The molecule has 1 N–H and O–H groups in total. The van der Waals surface area contributed by atoms with Crippen LogP contribution in [0.4, 0.5) is 5.69 Å². The first-order valence-corrected chi connectivity index (χ1v) is 11.8. The average molecular weight is 450 g/mol. The predicted octanol–water partition coefficient (Wildman–Crippen LogP) is 3.36. The molecule has 1 fully saturated rings. The molecular formula is C22H28ClN3O3S. The molecule has 162 valence electrons. The van der Waals surface area contributed by atoms with Gasteiger partial charge in [-0.3, -0.25) is 9.10 Å². The molecule has 0 aromatic heterocycles. The Hall–Kier alpha value is -2.09. The summed E-state index contributed by atoms with van der Waals surface area (Å²) in [6.07, 6.45) is 1.70. The molecule has 1 aliphatic heterocycles. The standard InChI is InChI=1S/C22H28ClN3O3S/c1-16-7-9-19(10-8-16)30(28,29)26(21-6-4-5-20(23)17(21)2)15-22(27)24-18-11-13-25(3)14-12-18/h4-10,18H,11-15H2,1-3H3,(H,24,27). The number of carbonyl (C=O) groups is 1. The molecule has 1 heterocycles. The lowest BCUT2D eigenvalue weighted by molar-refractivity contribution is -0.120. The molecule has 2 aromatic carbocycles. The second-order valence-corrected chi connectivity index (χ2v) is 10.1. The number of sulfonamides is 1. The van der Waals surface area contributed by atoms with Crippen molar-refractivity contribution in [2.45, 2.75) is 37.6 Å². The number of piperidine rings is 1. The third-order valence-corrected chi connectivity index (χ3v) is 7.67. The summed E-state index contributed by atoms with van der Waals surface area (Å²) >= 11 is 6.25. The van der Waals surface area contributed by atoms with Crippen LogP contribution < -0.4 is 9.62 Å². The topological polar surface area (TPSA) is 69.7 Å². The van der Waals surface area contributed by atoms with E-state index < -0.39 is 10.0 Å². The van der Waals surface area contributed by atoms with E-state index in [9.17, 15) is 13.2 Å². The minimum absolute atomic E-state index is 0.0538. The fourth-order valence-electron chi connectivity index (χ4n) is 3.56. The van der Waals surface area contributed by atoms with Gasteiger partial charge < -0.3 is 10.2 Å². The van der Waals surface area contributed by atoms with Crippen molar-refractivity contribution in [3.63, 3.8) is 0 Å². The van der Waals surface area contributed by atoms with Crippen molar-refractivity contribution in [2.75, 3.05) is 31.0 Å². The number of carbonyl (C=O) groups excluding carboxylic acids is 1.